The quantitative estimate of drug-likeness (QED) is 0.736. The first kappa shape index (κ1) is 13.8. The number of nitrogens with zero attached hydrogens (tertiary/aromatic N) is 1. The molecule has 6 nitrogen and oxygen atoms in total. The summed E-state index contributed by atoms with van der Waals surface area (Å²) in [6.45, 7) is 2.41. The topological polar surface area (TPSA) is 91.3 Å². The van der Waals surface area contributed by atoms with Crippen molar-refractivity contribution in [2.45, 2.75) is 31.7 Å². The number of carbonyl (C=O) groups is 2. The van der Waals surface area contributed by atoms with Gasteiger partial charge in [-0.05, 0) is 18.8 Å². The van der Waals surface area contributed by atoms with Gasteiger partial charge in [-0.2, -0.15) is 0 Å². The Morgan fingerprint density at radius 3 is 2.84 bits per heavy atom. The van der Waals surface area contributed by atoms with Crippen molar-refractivity contribution in [3.05, 3.63) is 16.6 Å². The molecule has 0 bridgehead atoms. The van der Waals surface area contributed by atoms with E-state index in [0.29, 0.717) is 6.54 Å². The molecule has 3 N–H and O–H groups in total. The molecule has 2 unspecified atom stereocenters. The minimum absolute atomic E-state index is 0.0830. The number of rotatable bonds is 6. The van der Waals surface area contributed by atoms with Crippen LogP contribution in [0, 0.1) is 5.92 Å². The van der Waals surface area contributed by atoms with E-state index in [1.54, 1.807) is 6.20 Å². The van der Waals surface area contributed by atoms with E-state index in [1.165, 1.54) is 11.3 Å². The highest BCUT2D eigenvalue weighted by Crippen LogP contribution is 2.32. The van der Waals surface area contributed by atoms with Gasteiger partial charge in [0.25, 0.3) is 0 Å². The molecule has 1 saturated carbocycles. The summed E-state index contributed by atoms with van der Waals surface area (Å²) in [6, 6.07) is -1.20. The minimum Gasteiger partial charge on any atom is -0.480 e. The maximum Gasteiger partial charge on any atom is 0.326 e. The molecule has 19 heavy (non-hydrogen) atoms. The Balaban J connectivity index is 1.76. The van der Waals surface area contributed by atoms with Crippen LogP contribution in [0.2, 0.25) is 0 Å². The Bertz CT molecular complexity index is 445. The van der Waals surface area contributed by atoms with Gasteiger partial charge >= 0.3 is 12.0 Å². The molecule has 0 spiro atoms. The molecule has 2 amide bonds. The van der Waals surface area contributed by atoms with Crippen LogP contribution in [0.15, 0.2) is 11.6 Å². The van der Waals surface area contributed by atoms with E-state index in [9.17, 15) is 9.59 Å². The second-order valence-electron chi connectivity index (χ2n) is 4.78. The molecule has 104 valence electrons. The summed E-state index contributed by atoms with van der Waals surface area (Å²) < 4.78 is 0. The van der Waals surface area contributed by atoms with Gasteiger partial charge in [0, 0.05) is 24.0 Å². The largest absolute Gasteiger partial charge is 0.480 e. The summed E-state index contributed by atoms with van der Waals surface area (Å²) in [5.74, 6) is -0.764. The number of hydrogen-bond donors (Lipinski definition) is 3. The van der Waals surface area contributed by atoms with Crippen LogP contribution in [0.1, 0.15) is 30.7 Å². The first-order valence-corrected chi connectivity index (χ1v) is 7.12. The van der Waals surface area contributed by atoms with Gasteiger partial charge in [-0.15, -0.1) is 11.3 Å². The summed E-state index contributed by atoms with van der Waals surface area (Å²) in [7, 11) is 0. The van der Waals surface area contributed by atoms with Crippen LogP contribution >= 0.6 is 11.3 Å². The Labute approximate surface area is 115 Å². The molecule has 1 aliphatic rings. The predicted octanol–water partition coefficient (Wildman–Crippen LogP) is 1.41. The van der Waals surface area contributed by atoms with Crippen molar-refractivity contribution >= 4 is 23.3 Å². The standard InChI is InChI=1S/C12H17N3O3S/c1-7(10-13-4-5-19-10)6-14-12(18)15-9(11(16)17)8-2-3-8/h4-5,7-9H,2-3,6H2,1H3,(H,16,17)(H2,14,15,18). The van der Waals surface area contributed by atoms with Gasteiger partial charge in [0.1, 0.15) is 6.04 Å². The number of carbonyl (C=O) groups excluding carboxylic acids is 1. The number of hydrogen-bond acceptors (Lipinski definition) is 4. The molecule has 0 aliphatic heterocycles. The van der Waals surface area contributed by atoms with Gasteiger partial charge in [-0.25, -0.2) is 14.6 Å². The molecule has 1 fully saturated rings. The number of aromatic nitrogens is 1. The Morgan fingerprint density at radius 1 is 1.58 bits per heavy atom. The lowest BCUT2D eigenvalue weighted by atomic mass is 10.2. The number of amides is 2. The van der Waals surface area contributed by atoms with Gasteiger partial charge in [-0.1, -0.05) is 6.92 Å². The van der Waals surface area contributed by atoms with E-state index in [4.69, 9.17) is 5.11 Å². The van der Waals surface area contributed by atoms with Crippen molar-refractivity contribution in [2.75, 3.05) is 6.54 Å². The van der Waals surface area contributed by atoms with E-state index in [1.807, 2.05) is 12.3 Å². The van der Waals surface area contributed by atoms with Crippen LogP contribution in [-0.4, -0.2) is 34.7 Å². The molecule has 2 rings (SSSR count). The fraction of sp³-hybridized carbons (Fsp3) is 0.583. The van der Waals surface area contributed by atoms with Crippen molar-refractivity contribution in [2.24, 2.45) is 5.92 Å². The molecule has 0 radical (unpaired) electrons. The molecular weight excluding hydrogens is 266 g/mol. The van der Waals surface area contributed by atoms with Crippen LogP contribution in [0.3, 0.4) is 0 Å². The third-order valence-corrected chi connectivity index (χ3v) is 4.09. The van der Waals surface area contributed by atoms with Gasteiger partial charge in [-0.3, -0.25) is 0 Å². The number of aliphatic carboxylic acids is 1. The molecule has 2 atom stereocenters. The van der Waals surface area contributed by atoms with Crippen LogP contribution in [0.4, 0.5) is 4.79 Å². The Hall–Kier alpha value is -1.63. The third kappa shape index (κ3) is 3.92. The Kier molecular flexibility index (Phi) is 4.36. The number of carboxylic acid groups (broad SMARTS) is 1. The summed E-state index contributed by atoms with van der Waals surface area (Å²) >= 11 is 1.54. The lowest BCUT2D eigenvalue weighted by Gasteiger charge is -2.15. The highest BCUT2D eigenvalue weighted by molar-refractivity contribution is 7.09. The summed E-state index contributed by atoms with van der Waals surface area (Å²) in [4.78, 5) is 26.8. The molecule has 1 aliphatic carbocycles. The summed E-state index contributed by atoms with van der Waals surface area (Å²) in [5.41, 5.74) is 0. The fourth-order valence-corrected chi connectivity index (χ4v) is 2.51. The van der Waals surface area contributed by atoms with Gasteiger partial charge < -0.3 is 15.7 Å². The average Bonchev–Trinajstić information content (AvgIpc) is 3.06. The van der Waals surface area contributed by atoms with E-state index < -0.39 is 18.0 Å². The molecule has 0 aromatic carbocycles. The van der Waals surface area contributed by atoms with Gasteiger partial charge in [0.15, 0.2) is 0 Å². The monoisotopic (exact) mass is 283 g/mol. The zero-order valence-corrected chi connectivity index (χ0v) is 11.4. The molecule has 1 aromatic heterocycles. The van der Waals surface area contributed by atoms with Crippen molar-refractivity contribution in [3.8, 4) is 0 Å². The number of urea groups is 1. The SMILES string of the molecule is CC(CNC(=O)NC(C(=O)O)C1CC1)c1nccs1. The van der Waals surface area contributed by atoms with Gasteiger partial charge in [0.05, 0.1) is 5.01 Å². The third-order valence-electron chi connectivity index (χ3n) is 3.09. The van der Waals surface area contributed by atoms with Gasteiger partial charge in [0.2, 0.25) is 0 Å². The van der Waals surface area contributed by atoms with E-state index in [0.717, 1.165) is 17.8 Å². The van der Waals surface area contributed by atoms with Crippen LogP contribution in [0.25, 0.3) is 0 Å². The smallest absolute Gasteiger partial charge is 0.326 e. The Morgan fingerprint density at radius 2 is 2.32 bits per heavy atom. The zero-order valence-electron chi connectivity index (χ0n) is 10.6. The highest BCUT2D eigenvalue weighted by Gasteiger charge is 2.37. The van der Waals surface area contributed by atoms with Crippen molar-refractivity contribution < 1.29 is 14.7 Å². The summed E-state index contributed by atoms with van der Waals surface area (Å²) in [5, 5.41) is 17.1. The van der Waals surface area contributed by atoms with Crippen molar-refractivity contribution in [1.82, 2.24) is 15.6 Å². The van der Waals surface area contributed by atoms with E-state index in [-0.39, 0.29) is 11.8 Å². The molecule has 1 heterocycles. The first-order valence-electron chi connectivity index (χ1n) is 6.24. The summed E-state index contributed by atoms with van der Waals surface area (Å²) in [6.07, 6.45) is 3.46. The average molecular weight is 283 g/mol. The molecular formula is C12H17N3O3S. The van der Waals surface area contributed by atoms with Crippen molar-refractivity contribution in [3.63, 3.8) is 0 Å². The van der Waals surface area contributed by atoms with E-state index >= 15 is 0 Å². The van der Waals surface area contributed by atoms with Crippen LogP contribution < -0.4 is 10.6 Å². The normalized spacial score (nSPS) is 17.5. The second kappa shape index (κ2) is 6.01. The fourth-order valence-electron chi connectivity index (χ4n) is 1.81. The van der Waals surface area contributed by atoms with Crippen LogP contribution in [-0.2, 0) is 4.79 Å². The maximum absolute atomic E-state index is 11.7. The minimum atomic E-state index is -0.967. The van der Waals surface area contributed by atoms with E-state index in [2.05, 4.69) is 15.6 Å². The highest BCUT2D eigenvalue weighted by atomic mass is 32.1. The first-order chi connectivity index (χ1) is 9.08. The van der Waals surface area contributed by atoms with Crippen molar-refractivity contribution in [1.29, 1.82) is 0 Å². The maximum atomic E-state index is 11.7. The lowest BCUT2D eigenvalue weighted by molar-refractivity contribution is -0.139. The number of thiazole rings is 1. The molecule has 1 aromatic rings. The van der Waals surface area contributed by atoms with Crippen LogP contribution in [0.5, 0.6) is 0 Å². The lowest BCUT2D eigenvalue weighted by Crippen LogP contribution is -2.47. The number of nitrogens with one attached hydrogen (secondary N) is 2. The number of carboxylic acids is 1. The molecule has 0 saturated heterocycles. The zero-order chi connectivity index (χ0) is 13.8. The second-order valence-corrected chi connectivity index (χ2v) is 5.71. The predicted molar refractivity (Wildman–Crippen MR) is 71.2 cm³/mol. The molecule has 7 heteroatoms.